The Bertz CT molecular complexity index is 451. The van der Waals surface area contributed by atoms with Crippen molar-refractivity contribution < 1.29 is 14.6 Å². The summed E-state index contributed by atoms with van der Waals surface area (Å²) in [4.78, 5) is 0.303. The number of aliphatic hydroxyl groups excluding tert-OH is 1. The summed E-state index contributed by atoms with van der Waals surface area (Å²) in [6.07, 6.45) is -0.834. The average Bonchev–Trinajstić information content (AvgIpc) is 2.61. The van der Waals surface area contributed by atoms with Crippen LogP contribution in [-0.4, -0.2) is 10.3 Å². The lowest BCUT2D eigenvalue weighted by Crippen LogP contribution is -2.25. The molecule has 5 heteroatoms. The molecule has 1 aromatic carbocycles. The molecule has 0 fully saturated rings. The highest BCUT2D eigenvalue weighted by Gasteiger charge is 2.24. The molecule has 0 amide bonds. The minimum atomic E-state index is -0.834. The van der Waals surface area contributed by atoms with Crippen molar-refractivity contribution in [2.75, 3.05) is 0 Å². The van der Waals surface area contributed by atoms with Gasteiger partial charge in [-0.1, -0.05) is 30.3 Å². The lowest BCUT2D eigenvalue weighted by atomic mass is 10.1. The van der Waals surface area contributed by atoms with Crippen LogP contribution in [0.25, 0.3) is 11.3 Å². The summed E-state index contributed by atoms with van der Waals surface area (Å²) in [5, 5.41) is 24.2. The number of aromatic nitrogens is 2. The minimum Gasteiger partial charge on any atom is -0.384 e. The molecule has 2 rings (SSSR count). The van der Waals surface area contributed by atoms with Gasteiger partial charge in [0.25, 0.3) is 5.69 Å². The third kappa shape index (κ3) is 1.69. The van der Waals surface area contributed by atoms with Gasteiger partial charge in [0, 0.05) is 10.7 Å². The van der Waals surface area contributed by atoms with Crippen molar-refractivity contribution >= 4 is 0 Å². The van der Waals surface area contributed by atoms with Crippen LogP contribution in [0.1, 0.15) is 18.7 Å². The molecule has 0 bridgehead atoms. The second-order valence-corrected chi connectivity index (χ2v) is 3.21. The topological polar surface area (TPSA) is 73.2 Å². The van der Waals surface area contributed by atoms with E-state index < -0.39 is 6.10 Å². The zero-order valence-corrected chi connectivity index (χ0v) is 8.12. The van der Waals surface area contributed by atoms with Gasteiger partial charge in [-0.2, -0.15) is 0 Å². The smallest absolute Gasteiger partial charge is 0.254 e. The van der Waals surface area contributed by atoms with Crippen LogP contribution in [-0.2, 0) is 0 Å². The molecule has 78 valence electrons. The summed E-state index contributed by atoms with van der Waals surface area (Å²) in [5.41, 5.74) is 1.17. The van der Waals surface area contributed by atoms with Crippen molar-refractivity contribution in [3.63, 3.8) is 0 Å². The van der Waals surface area contributed by atoms with Crippen LogP contribution in [0.3, 0.4) is 0 Å². The Hall–Kier alpha value is -1.88. The van der Waals surface area contributed by atoms with Crippen LogP contribution in [0.4, 0.5) is 0 Å². The SMILES string of the molecule is CC(O)c1no[n+]([O-])c1-c1ccccc1. The first-order valence-electron chi connectivity index (χ1n) is 4.53. The van der Waals surface area contributed by atoms with E-state index in [0.717, 1.165) is 0 Å². The molecule has 1 unspecified atom stereocenters. The normalized spacial score (nSPS) is 12.7. The Morgan fingerprint density at radius 3 is 2.67 bits per heavy atom. The fourth-order valence-electron chi connectivity index (χ4n) is 1.38. The molecule has 0 saturated carbocycles. The van der Waals surface area contributed by atoms with Crippen molar-refractivity contribution in [2.45, 2.75) is 13.0 Å². The van der Waals surface area contributed by atoms with E-state index in [9.17, 15) is 10.3 Å². The van der Waals surface area contributed by atoms with Gasteiger partial charge in [0.1, 0.15) is 6.10 Å². The van der Waals surface area contributed by atoms with Crippen molar-refractivity contribution in [3.8, 4) is 11.3 Å². The number of aliphatic hydroxyl groups is 1. The fourth-order valence-corrected chi connectivity index (χ4v) is 1.38. The number of nitrogens with zero attached hydrogens (tertiary/aromatic N) is 2. The summed E-state index contributed by atoms with van der Waals surface area (Å²) < 4.78 is 4.46. The predicted molar refractivity (Wildman–Crippen MR) is 51.5 cm³/mol. The van der Waals surface area contributed by atoms with E-state index in [1.165, 1.54) is 6.92 Å². The molecule has 0 aliphatic carbocycles. The zero-order valence-electron chi connectivity index (χ0n) is 8.12. The van der Waals surface area contributed by atoms with Crippen molar-refractivity contribution in [3.05, 3.63) is 41.2 Å². The van der Waals surface area contributed by atoms with Gasteiger partial charge in [0.05, 0.1) is 0 Å². The van der Waals surface area contributed by atoms with Crippen LogP contribution in [0.2, 0.25) is 0 Å². The monoisotopic (exact) mass is 206 g/mol. The molecule has 0 saturated heterocycles. The quantitative estimate of drug-likeness (QED) is 0.745. The highest BCUT2D eigenvalue weighted by Crippen LogP contribution is 2.22. The summed E-state index contributed by atoms with van der Waals surface area (Å²) in [7, 11) is 0. The second kappa shape index (κ2) is 3.70. The standard InChI is InChI=1S/C10H10N2O3/c1-7(13)9-10(12(14)15-11-9)8-5-3-2-4-6-8/h2-7,13H,1H3. The van der Waals surface area contributed by atoms with Gasteiger partial charge >= 0.3 is 0 Å². The molecule has 1 N–H and O–H groups in total. The molecule has 0 aliphatic rings. The highest BCUT2D eigenvalue weighted by molar-refractivity contribution is 5.58. The van der Waals surface area contributed by atoms with Crippen LogP contribution >= 0.6 is 0 Å². The molecule has 0 spiro atoms. The number of benzene rings is 1. The maximum absolute atomic E-state index is 11.3. The summed E-state index contributed by atoms with van der Waals surface area (Å²) in [6, 6.07) is 8.95. The molecule has 5 nitrogen and oxygen atoms in total. The number of rotatable bonds is 2. The Kier molecular flexibility index (Phi) is 2.39. The largest absolute Gasteiger partial charge is 0.384 e. The molecular formula is C10H10N2O3. The maximum Gasteiger partial charge on any atom is 0.254 e. The maximum atomic E-state index is 11.3. The molecular weight excluding hydrogens is 196 g/mol. The lowest BCUT2D eigenvalue weighted by molar-refractivity contribution is -0.793. The van der Waals surface area contributed by atoms with E-state index in [4.69, 9.17) is 0 Å². The van der Waals surface area contributed by atoms with E-state index in [1.54, 1.807) is 24.3 Å². The van der Waals surface area contributed by atoms with Gasteiger partial charge in [-0.25, -0.2) is 0 Å². The van der Waals surface area contributed by atoms with Crippen LogP contribution in [0.5, 0.6) is 0 Å². The predicted octanol–water partition coefficient (Wildman–Crippen LogP) is 1.03. The summed E-state index contributed by atoms with van der Waals surface area (Å²) in [5.74, 6) is 0. The van der Waals surface area contributed by atoms with Gasteiger partial charge in [0.15, 0.2) is 0 Å². The van der Waals surface area contributed by atoms with E-state index in [2.05, 4.69) is 9.79 Å². The van der Waals surface area contributed by atoms with Gasteiger partial charge in [-0.05, 0) is 11.8 Å². The van der Waals surface area contributed by atoms with E-state index in [0.29, 0.717) is 10.5 Å². The lowest BCUT2D eigenvalue weighted by Gasteiger charge is -1.99. The number of hydrogen-bond acceptors (Lipinski definition) is 4. The Morgan fingerprint density at radius 2 is 2.07 bits per heavy atom. The Labute approximate surface area is 86.1 Å². The Balaban J connectivity index is 2.57. The third-order valence-corrected chi connectivity index (χ3v) is 2.08. The first-order chi connectivity index (χ1) is 7.20. The second-order valence-electron chi connectivity index (χ2n) is 3.21. The minimum absolute atomic E-state index is 0.246. The van der Waals surface area contributed by atoms with Gasteiger partial charge in [-0.15, -0.1) is 0 Å². The summed E-state index contributed by atoms with van der Waals surface area (Å²) in [6.45, 7) is 1.53. The van der Waals surface area contributed by atoms with E-state index in [-0.39, 0.29) is 11.4 Å². The van der Waals surface area contributed by atoms with Gasteiger partial charge in [0.2, 0.25) is 5.69 Å². The first-order valence-corrected chi connectivity index (χ1v) is 4.53. The van der Waals surface area contributed by atoms with Crippen molar-refractivity contribution in [2.24, 2.45) is 0 Å². The summed E-state index contributed by atoms with van der Waals surface area (Å²) >= 11 is 0. The molecule has 2 aromatic rings. The average molecular weight is 206 g/mol. The number of hydrogen-bond donors (Lipinski definition) is 1. The van der Waals surface area contributed by atoms with E-state index in [1.807, 2.05) is 6.07 Å². The Morgan fingerprint density at radius 1 is 1.40 bits per heavy atom. The van der Waals surface area contributed by atoms with Crippen LogP contribution in [0.15, 0.2) is 35.0 Å². The first kappa shape index (κ1) is 9.67. The molecule has 1 heterocycles. The molecule has 1 atom stereocenters. The molecule has 0 aliphatic heterocycles. The van der Waals surface area contributed by atoms with Gasteiger partial charge in [-0.3, -0.25) is 4.63 Å². The van der Waals surface area contributed by atoms with Crippen molar-refractivity contribution in [1.82, 2.24) is 5.16 Å². The fraction of sp³-hybridized carbons (Fsp3) is 0.200. The van der Waals surface area contributed by atoms with E-state index >= 15 is 0 Å². The highest BCUT2D eigenvalue weighted by atomic mass is 16.8. The zero-order chi connectivity index (χ0) is 10.8. The van der Waals surface area contributed by atoms with Crippen molar-refractivity contribution in [1.29, 1.82) is 0 Å². The van der Waals surface area contributed by atoms with Crippen LogP contribution in [0, 0.1) is 5.21 Å². The molecule has 1 aromatic heterocycles. The third-order valence-electron chi connectivity index (χ3n) is 2.08. The van der Waals surface area contributed by atoms with Gasteiger partial charge < -0.3 is 10.3 Å². The molecule has 0 radical (unpaired) electrons. The molecule has 15 heavy (non-hydrogen) atoms. The van der Waals surface area contributed by atoms with Crippen LogP contribution < -0.4 is 4.90 Å².